The number of amides is 1. The molecule has 0 unspecified atom stereocenters. The number of hydrogen-bond donors (Lipinski definition) is 1. The van der Waals surface area contributed by atoms with E-state index in [1.807, 2.05) is 48.5 Å². The van der Waals surface area contributed by atoms with Gasteiger partial charge in [-0.05, 0) is 37.5 Å². The average Bonchev–Trinajstić information content (AvgIpc) is 3.54. The van der Waals surface area contributed by atoms with Crippen LogP contribution in [0.5, 0.6) is 0 Å². The van der Waals surface area contributed by atoms with Gasteiger partial charge in [0.25, 0.3) is 5.91 Å². The van der Waals surface area contributed by atoms with Gasteiger partial charge in [-0.3, -0.25) is 4.79 Å². The molecule has 1 N–H and O–H groups in total. The van der Waals surface area contributed by atoms with Crippen molar-refractivity contribution in [2.75, 3.05) is 0 Å². The smallest absolute Gasteiger partial charge is 0.273 e. The Bertz CT molecular complexity index is 1210. The lowest BCUT2D eigenvalue weighted by Gasteiger charge is -2.12. The second kappa shape index (κ2) is 8.34. The Morgan fingerprint density at radius 3 is 2.74 bits per heavy atom. The monoisotopic (exact) mass is 415 g/mol. The molecule has 7 nitrogen and oxygen atoms in total. The first-order valence-corrected chi connectivity index (χ1v) is 10.9. The van der Waals surface area contributed by atoms with Crippen LogP contribution in [-0.4, -0.2) is 32.1 Å². The zero-order valence-corrected chi connectivity index (χ0v) is 17.5. The van der Waals surface area contributed by atoms with Crippen molar-refractivity contribution in [2.45, 2.75) is 51.5 Å². The van der Waals surface area contributed by atoms with Crippen LogP contribution in [0.2, 0.25) is 0 Å². The highest BCUT2D eigenvalue weighted by Gasteiger charge is 2.24. The van der Waals surface area contributed by atoms with Crippen molar-refractivity contribution < 1.29 is 9.32 Å². The number of aromatic nitrogens is 4. The Labute approximate surface area is 180 Å². The number of benzene rings is 2. The van der Waals surface area contributed by atoms with Gasteiger partial charge in [-0.15, -0.1) is 5.10 Å². The fraction of sp³-hybridized carbons (Fsp3) is 0.333. The predicted octanol–water partition coefficient (Wildman–Crippen LogP) is 4.70. The highest BCUT2D eigenvalue weighted by atomic mass is 16.5. The van der Waals surface area contributed by atoms with Gasteiger partial charge in [-0.1, -0.05) is 66.9 Å². The zero-order valence-electron chi connectivity index (χ0n) is 17.5. The fourth-order valence-electron chi connectivity index (χ4n) is 4.33. The van der Waals surface area contributed by atoms with E-state index in [1.54, 1.807) is 4.68 Å². The summed E-state index contributed by atoms with van der Waals surface area (Å²) in [5, 5.41) is 16.8. The lowest BCUT2D eigenvalue weighted by atomic mass is 10.1. The van der Waals surface area contributed by atoms with Gasteiger partial charge in [0, 0.05) is 11.6 Å². The van der Waals surface area contributed by atoms with Crippen molar-refractivity contribution in [3.8, 4) is 17.0 Å². The van der Waals surface area contributed by atoms with Crippen molar-refractivity contribution in [1.82, 2.24) is 25.5 Å². The molecule has 5 rings (SSSR count). The second-order valence-electron chi connectivity index (χ2n) is 8.08. The van der Waals surface area contributed by atoms with Gasteiger partial charge in [0.05, 0.1) is 16.8 Å². The van der Waals surface area contributed by atoms with Gasteiger partial charge in [0.15, 0.2) is 11.5 Å². The van der Waals surface area contributed by atoms with E-state index in [4.69, 9.17) is 4.52 Å². The van der Waals surface area contributed by atoms with E-state index in [9.17, 15) is 4.79 Å². The molecule has 1 aliphatic carbocycles. The van der Waals surface area contributed by atoms with Crippen LogP contribution in [-0.2, 0) is 6.42 Å². The molecule has 158 valence electrons. The van der Waals surface area contributed by atoms with Crippen molar-refractivity contribution in [3.05, 3.63) is 59.9 Å². The van der Waals surface area contributed by atoms with Crippen LogP contribution in [0.3, 0.4) is 0 Å². The molecule has 2 aromatic heterocycles. The number of nitrogens with zero attached hydrogens (tertiary/aromatic N) is 4. The molecule has 4 aromatic rings. The van der Waals surface area contributed by atoms with Crippen LogP contribution in [0.25, 0.3) is 27.9 Å². The third-order valence-corrected chi connectivity index (χ3v) is 5.90. The van der Waals surface area contributed by atoms with Crippen LogP contribution < -0.4 is 5.32 Å². The molecule has 0 radical (unpaired) electrons. The molecule has 0 saturated heterocycles. The van der Waals surface area contributed by atoms with Crippen molar-refractivity contribution >= 4 is 16.8 Å². The predicted molar refractivity (Wildman–Crippen MR) is 118 cm³/mol. The topological polar surface area (TPSA) is 85.8 Å². The Hall–Kier alpha value is -3.48. The van der Waals surface area contributed by atoms with Gasteiger partial charge in [-0.25, -0.2) is 4.68 Å². The van der Waals surface area contributed by atoms with Gasteiger partial charge in [-0.2, -0.15) is 0 Å². The summed E-state index contributed by atoms with van der Waals surface area (Å²) < 4.78 is 7.40. The van der Waals surface area contributed by atoms with E-state index < -0.39 is 0 Å². The minimum absolute atomic E-state index is 0.127. The quantitative estimate of drug-likeness (QED) is 0.493. The lowest BCUT2D eigenvalue weighted by molar-refractivity contribution is 0.0931. The average molecular weight is 415 g/mol. The highest BCUT2D eigenvalue weighted by molar-refractivity contribution is 5.94. The van der Waals surface area contributed by atoms with Gasteiger partial charge < -0.3 is 9.84 Å². The minimum atomic E-state index is -0.127. The first kappa shape index (κ1) is 19.5. The Morgan fingerprint density at radius 1 is 1.16 bits per heavy atom. The van der Waals surface area contributed by atoms with E-state index >= 15 is 0 Å². The van der Waals surface area contributed by atoms with E-state index in [0.717, 1.165) is 47.1 Å². The molecule has 7 heteroatoms. The molecule has 0 aliphatic heterocycles. The first-order valence-electron chi connectivity index (χ1n) is 10.9. The molecule has 2 heterocycles. The molecule has 2 aromatic carbocycles. The molecule has 31 heavy (non-hydrogen) atoms. The molecular weight excluding hydrogens is 390 g/mol. The summed E-state index contributed by atoms with van der Waals surface area (Å²) in [6.07, 6.45) is 6.02. The number of hydrogen-bond acceptors (Lipinski definition) is 5. The zero-order chi connectivity index (χ0) is 21.2. The van der Waals surface area contributed by atoms with E-state index in [-0.39, 0.29) is 11.9 Å². The van der Waals surface area contributed by atoms with Crippen molar-refractivity contribution in [3.63, 3.8) is 0 Å². The molecule has 0 atom stereocenters. The van der Waals surface area contributed by atoms with Crippen molar-refractivity contribution in [2.24, 2.45) is 0 Å². The third kappa shape index (κ3) is 3.71. The normalized spacial score (nSPS) is 14.4. The van der Waals surface area contributed by atoms with Gasteiger partial charge in [0.2, 0.25) is 0 Å². The second-order valence-corrected chi connectivity index (χ2v) is 8.08. The maximum Gasteiger partial charge on any atom is 0.273 e. The summed E-state index contributed by atoms with van der Waals surface area (Å²) in [4.78, 5) is 12.9. The standard InChI is InChI=1S/C24H25N5O2/c1-2-8-21-22(24(30)25-17-11-6-7-12-17)26-28-29(21)18-13-14-20-19(15-18)23(31-27-20)16-9-4-3-5-10-16/h3-5,9-10,13-15,17H,2,6-8,11-12H2,1H3,(H,25,30). The van der Waals surface area contributed by atoms with E-state index in [0.29, 0.717) is 17.9 Å². The van der Waals surface area contributed by atoms with Crippen LogP contribution in [0, 0.1) is 0 Å². The molecular formula is C24H25N5O2. The number of nitrogens with one attached hydrogen (secondary N) is 1. The number of carbonyl (C=O) groups excluding carboxylic acids is 1. The minimum Gasteiger partial charge on any atom is -0.355 e. The van der Waals surface area contributed by atoms with Crippen LogP contribution >= 0.6 is 0 Å². The Morgan fingerprint density at radius 2 is 1.97 bits per heavy atom. The van der Waals surface area contributed by atoms with E-state index in [1.165, 1.54) is 12.8 Å². The van der Waals surface area contributed by atoms with Crippen LogP contribution in [0.1, 0.15) is 55.2 Å². The summed E-state index contributed by atoms with van der Waals surface area (Å²) in [6, 6.07) is 16.0. The Balaban J connectivity index is 1.53. The fourth-order valence-corrected chi connectivity index (χ4v) is 4.33. The third-order valence-electron chi connectivity index (χ3n) is 5.90. The molecule has 1 fully saturated rings. The van der Waals surface area contributed by atoms with Crippen LogP contribution in [0.4, 0.5) is 0 Å². The molecule has 0 bridgehead atoms. The number of fused-ring (bicyclic) bond motifs is 1. The van der Waals surface area contributed by atoms with Gasteiger partial charge >= 0.3 is 0 Å². The molecule has 1 saturated carbocycles. The summed E-state index contributed by atoms with van der Waals surface area (Å²) in [5.74, 6) is 0.589. The van der Waals surface area contributed by atoms with Gasteiger partial charge in [0.1, 0.15) is 5.52 Å². The summed E-state index contributed by atoms with van der Waals surface area (Å²) in [6.45, 7) is 2.09. The first-order chi connectivity index (χ1) is 15.2. The van der Waals surface area contributed by atoms with Crippen LogP contribution in [0.15, 0.2) is 53.1 Å². The lowest BCUT2D eigenvalue weighted by Crippen LogP contribution is -2.33. The highest BCUT2D eigenvalue weighted by Crippen LogP contribution is 2.30. The molecule has 1 aliphatic rings. The largest absolute Gasteiger partial charge is 0.355 e. The SMILES string of the molecule is CCCc1c(C(=O)NC2CCCC2)nnn1-c1ccc2noc(-c3ccccc3)c2c1. The summed E-state index contributed by atoms with van der Waals surface area (Å²) in [5.41, 5.74) is 3.83. The number of carbonyl (C=O) groups is 1. The molecule has 1 amide bonds. The number of rotatable bonds is 6. The maximum atomic E-state index is 12.9. The maximum absolute atomic E-state index is 12.9. The summed E-state index contributed by atoms with van der Waals surface area (Å²) in [7, 11) is 0. The Kier molecular flexibility index (Phi) is 5.24. The van der Waals surface area contributed by atoms with Crippen molar-refractivity contribution in [1.29, 1.82) is 0 Å². The summed E-state index contributed by atoms with van der Waals surface area (Å²) >= 11 is 0. The molecule has 0 spiro atoms. The van der Waals surface area contributed by atoms with E-state index in [2.05, 4.69) is 27.7 Å².